The number of Topliss-reactive ketones (excluding diaryl/α,β-unsaturated/α-hetero) is 1. The maximum Gasteiger partial charge on any atom is 0.238 e. The number of thiazole rings is 1. The third-order valence-corrected chi connectivity index (χ3v) is 4.40. The first-order valence-corrected chi connectivity index (χ1v) is 8.04. The number of carbonyl (C=O) groups excluding carboxylic acids is 2. The highest BCUT2D eigenvalue weighted by atomic mass is 32.2. The van der Waals surface area contributed by atoms with E-state index < -0.39 is 0 Å². The van der Waals surface area contributed by atoms with E-state index in [1.54, 1.807) is 25.4 Å². The smallest absolute Gasteiger partial charge is 0.238 e. The van der Waals surface area contributed by atoms with Crippen molar-refractivity contribution >= 4 is 39.9 Å². The van der Waals surface area contributed by atoms with Gasteiger partial charge in [-0.1, -0.05) is 30.3 Å². The SMILES string of the molecule is CN(C(=O)CSCC(=O)c1ccccc1)c1nccs1. The van der Waals surface area contributed by atoms with Crippen LogP contribution in [-0.4, -0.2) is 35.2 Å². The molecule has 1 aromatic heterocycles. The number of thioether (sulfide) groups is 1. The molecule has 1 amide bonds. The lowest BCUT2D eigenvalue weighted by Crippen LogP contribution is -2.28. The van der Waals surface area contributed by atoms with E-state index in [0.29, 0.717) is 16.4 Å². The number of nitrogens with zero attached hydrogens (tertiary/aromatic N) is 2. The Morgan fingerprint density at radius 1 is 1.25 bits per heavy atom. The normalized spacial score (nSPS) is 10.2. The molecule has 1 heterocycles. The van der Waals surface area contributed by atoms with Crippen LogP contribution in [0.2, 0.25) is 0 Å². The van der Waals surface area contributed by atoms with Crippen LogP contribution < -0.4 is 4.90 Å². The highest BCUT2D eigenvalue weighted by Gasteiger charge is 2.14. The van der Waals surface area contributed by atoms with Crippen molar-refractivity contribution in [2.75, 3.05) is 23.5 Å². The van der Waals surface area contributed by atoms with Crippen LogP contribution in [0.5, 0.6) is 0 Å². The summed E-state index contributed by atoms with van der Waals surface area (Å²) in [4.78, 5) is 29.4. The molecule has 4 nitrogen and oxygen atoms in total. The molecule has 0 saturated carbocycles. The molecule has 2 rings (SSSR count). The molecule has 2 aromatic rings. The lowest BCUT2D eigenvalue weighted by atomic mass is 10.2. The molecule has 0 atom stereocenters. The molecule has 0 radical (unpaired) electrons. The Balaban J connectivity index is 1.78. The van der Waals surface area contributed by atoms with Gasteiger partial charge in [0.1, 0.15) is 0 Å². The summed E-state index contributed by atoms with van der Waals surface area (Å²) in [7, 11) is 1.70. The molecule has 0 aliphatic carbocycles. The summed E-state index contributed by atoms with van der Waals surface area (Å²) >= 11 is 2.74. The highest BCUT2D eigenvalue weighted by molar-refractivity contribution is 8.00. The number of amides is 1. The van der Waals surface area contributed by atoms with Crippen molar-refractivity contribution in [3.63, 3.8) is 0 Å². The molecule has 0 aliphatic rings. The quantitative estimate of drug-likeness (QED) is 0.770. The number of carbonyl (C=O) groups is 2. The van der Waals surface area contributed by atoms with Crippen LogP contribution in [0.1, 0.15) is 10.4 Å². The minimum Gasteiger partial charge on any atom is -0.293 e. The number of hydrogen-bond acceptors (Lipinski definition) is 5. The van der Waals surface area contributed by atoms with Crippen LogP contribution in [0, 0.1) is 0 Å². The molecule has 104 valence electrons. The van der Waals surface area contributed by atoms with E-state index in [0.717, 1.165) is 0 Å². The van der Waals surface area contributed by atoms with Crippen LogP contribution in [0.25, 0.3) is 0 Å². The Morgan fingerprint density at radius 3 is 2.65 bits per heavy atom. The van der Waals surface area contributed by atoms with Gasteiger partial charge < -0.3 is 0 Å². The summed E-state index contributed by atoms with van der Waals surface area (Å²) in [5.74, 6) is 0.571. The number of ketones is 1. The van der Waals surface area contributed by atoms with Gasteiger partial charge in [-0.05, 0) is 0 Å². The predicted octanol–water partition coefficient (Wildman–Crippen LogP) is 2.72. The van der Waals surface area contributed by atoms with Gasteiger partial charge in [0.05, 0.1) is 11.5 Å². The summed E-state index contributed by atoms with van der Waals surface area (Å²) in [6, 6.07) is 9.10. The van der Waals surface area contributed by atoms with Gasteiger partial charge in [-0.3, -0.25) is 14.5 Å². The average molecular weight is 306 g/mol. The van der Waals surface area contributed by atoms with Crippen LogP contribution in [-0.2, 0) is 4.79 Å². The molecule has 0 saturated heterocycles. The van der Waals surface area contributed by atoms with E-state index in [1.807, 2.05) is 23.6 Å². The van der Waals surface area contributed by atoms with Crippen molar-refractivity contribution < 1.29 is 9.59 Å². The fourth-order valence-corrected chi connectivity index (χ4v) is 2.97. The fourth-order valence-electron chi connectivity index (χ4n) is 1.52. The largest absolute Gasteiger partial charge is 0.293 e. The first-order chi connectivity index (χ1) is 9.68. The molecular weight excluding hydrogens is 292 g/mol. The van der Waals surface area contributed by atoms with Gasteiger partial charge in [0, 0.05) is 24.2 Å². The van der Waals surface area contributed by atoms with Gasteiger partial charge >= 0.3 is 0 Å². The van der Waals surface area contributed by atoms with Crippen molar-refractivity contribution in [1.29, 1.82) is 0 Å². The molecule has 0 unspecified atom stereocenters. The molecular formula is C14H14N2O2S2. The van der Waals surface area contributed by atoms with Crippen molar-refractivity contribution in [1.82, 2.24) is 4.98 Å². The molecule has 20 heavy (non-hydrogen) atoms. The molecule has 0 spiro atoms. The van der Waals surface area contributed by atoms with Crippen molar-refractivity contribution in [3.8, 4) is 0 Å². The zero-order valence-electron chi connectivity index (χ0n) is 11.0. The lowest BCUT2D eigenvalue weighted by Gasteiger charge is -2.12. The number of aromatic nitrogens is 1. The van der Waals surface area contributed by atoms with Gasteiger partial charge in [0.15, 0.2) is 10.9 Å². The molecule has 0 fully saturated rings. The van der Waals surface area contributed by atoms with Crippen LogP contribution >= 0.6 is 23.1 Å². The second-order valence-corrected chi connectivity index (χ2v) is 5.91. The second-order valence-electron chi connectivity index (χ2n) is 4.05. The summed E-state index contributed by atoms with van der Waals surface area (Å²) in [5, 5.41) is 2.50. The van der Waals surface area contributed by atoms with Gasteiger partial charge in [0.25, 0.3) is 0 Å². The van der Waals surface area contributed by atoms with Gasteiger partial charge in [0.2, 0.25) is 5.91 Å². The van der Waals surface area contributed by atoms with Gasteiger partial charge in [-0.15, -0.1) is 23.1 Å². The van der Waals surface area contributed by atoms with Crippen LogP contribution in [0.4, 0.5) is 5.13 Å². The zero-order valence-corrected chi connectivity index (χ0v) is 12.6. The van der Waals surface area contributed by atoms with Crippen LogP contribution in [0.15, 0.2) is 41.9 Å². The third-order valence-electron chi connectivity index (χ3n) is 2.63. The molecule has 0 bridgehead atoms. The number of benzene rings is 1. The monoisotopic (exact) mass is 306 g/mol. The van der Waals surface area contributed by atoms with Gasteiger partial charge in [-0.2, -0.15) is 0 Å². The minimum atomic E-state index is -0.0502. The van der Waals surface area contributed by atoms with Gasteiger partial charge in [-0.25, -0.2) is 4.98 Å². The van der Waals surface area contributed by atoms with E-state index in [2.05, 4.69) is 4.98 Å². The van der Waals surface area contributed by atoms with Crippen molar-refractivity contribution in [2.45, 2.75) is 0 Å². The Labute approximate surface area is 125 Å². The van der Waals surface area contributed by atoms with E-state index >= 15 is 0 Å². The maximum atomic E-state index is 11.9. The summed E-state index contributed by atoms with van der Waals surface area (Å²) in [5.41, 5.74) is 0.681. The molecule has 1 aromatic carbocycles. The summed E-state index contributed by atoms with van der Waals surface area (Å²) in [6.07, 6.45) is 1.66. The minimum absolute atomic E-state index is 0.0419. The van der Waals surface area contributed by atoms with E-state index in [9.17, 15) is 9.59 Å². The standard InChI is InChI=1S/C14H14N2O2S2/c1-16(14-15-7-8-20-14)13(18)10-19-9-12(17)11-5-3-2-4-6-11/h2-8H,9-10H2,1H3. The summed E-state index contributed by atoms with van der Waals surface area (Å²) in [6.45, 7) is 0. The maximum absolute atomic E-state index is 11.9. The Bertz CT molecular complexity index is 570. The Kier molecular flexibility index (Phi) is 5.31. The molecule has 0 aliphatic heterocycles. The Hall–Kier alpha value is -1.66. The van der Waals surface area contributed by atoms with Crippen LogP contribution in [0.3, 0.4) is 0 Å². The average Bonchev–Trinajstić information content (AvgIpc) is 3.01. The summed E-state index contributed by atoms with van der Waals surface area (Å²) < 4.78 is 0. The van der Waals surface area contributed by atoms with E-state index in [-0.39, 0.29) is 17.4 Å². The van der Waals surface area contributed by atoms with Crippen molar-refractivity contribution in [3.05, 3.63) is 47.5 Å². The molecule has 0 N–H and O–H groups in total. The fraction of sp³-hybridized carbons (Fsp3) is 0.214. The number of hydrogen-bond donors (Lipinski definition) is 0. The van der Waals surface area contributed by atoms with E-state index in [4.69, 9.17) is 0 Å². The first-order valence-electron chi connectivity index (χ1n) is 6.00. The zero-order chi connectivity index (χ0) is 14.4. The Morgan fingerprint density at radius 2 is 2.00 bits per heavy atom. The number of rotatable bonds is 6. The van der Waals surface area contributed by atoms with Crippen molar-refractivity contribution in [2.24, 2.45) is 0 Å². The third kappa shape index (κ3) is 3.91. The number of anilines is 1. The topological polar surface area (TPSA) is 50.3 Å². The lowest BCUT2D eigenvalue weighted by molar-refractivity contribution is -0.115. The molecule has 6 heteroatoms. The first kappa shape index (κ1) is 14.7. The predicted molar refractivity (Wildman–Crippen MR) is 83.6 cm³/mol. The highest BCUT2D eigenvalue weighted by Crippen LogP contribution is 2.17. The van der Waals surface area contributed by atoms with E-state index in [1.165, 1.54) is 28.0 Å². The second kappa shape index (κ2) is 7.21.